The molecule has 4 heterocycles. The first kappa shape index (κ1) is 34.3. The molecule has 3 aromatic carbocycles. The van der Waals surface area contributed by atoms with E-state index in [9.17, 15) is 0 Å². The predicted octanol–water partition coefficient (Wildman–Crippen LogP) is 15.4. The van der Waals surface area contributed by atoms with Crippen molar-refractivity contribution in [2.45, 2.75) is 129 Å². The van der Waals surface area contributed by atoms with Crippen molar-refractivity contribution in [1.29, 1.82) is 0 Å². The summed E-state index contributed by atoms with van der Waals surface area (Å²) in [5.41, 5.74) is 5.31. The molecular weight excluding hydrogens is 617 g/mol. The number of hydrogen-bond acceptors (Lipinski definition) is 4. The van der Waals surface area contributed by atoms with Crippen LogP contribution in [0, 0.1) is 0 Å². The molecule has 0 saturated carbocycles. The molecule has 0 aliphatic heterocycles. The minimum Gasteiger partial charge on any atom is -0.461 e. The van der Waals surface area contributed by atoms with Gasteiger partial charge in [0.2, 0.25) is 0 Å². The van der Waals surface area contributed by atoms with Crippen LogP contribution in [0.2, 0.25) is 0 Å². The third-order valence-electron chi connectivity index (χ3n) is 10.5. The third kappa shape index (κ3) is 7.90. The van der Waals surface area contributed by atoms with Crippen LogP contribution < -0.4 is 0 Å². The number of aryl methyl sites for hydroxylation is 2. The Kier molecular flexibility index (Phi) is 11.4. The first-order valence-corrected chi connectivity index (χ1v) is 19.7. The Labute approximate surface area is 297 Å². The lowest BCUT2D eigenvalue weighted by molar-refractivity contribution is 0.500. The Bertz CT molecular complexity index is 1960. The Hall–Kier alpha value is -4.18. The van der Waals surface area contributed by atoms with Crippen LogP contribution in [0.25, 0.3) is 66.5 Å². The summed E-state index contributed by atoms with van der Waals surface area (Å²) in [5.74, 6) is 3.91. The highest BCUT2D eigenvalue weighted by atomic mass is 16.4. The predicted molar refractivity (Wildman–Crippen MR) is 209 cm³/mol. The molecule has 0 atom stereocenters. The fourth-order valence-corrected chi connectivity index (χ4v) is 7.58. The normalized spacial score (nSPS) is 12.0. The quantitative estimate of drug-likeness (QED) is 0.0757. The fraction of sp³-hybridized carbons (Fsp3) is 0.435. The molecule has 0 fully saturated rings. The molecule has 50 heavy (non-hydrogen) atoms. The molecule has 7 rings (SSSR count). The lowest BCUT2D eigenvalue weighted by Gasteiger charge is -2.01. The van der Waals surface area contributed by atoms with Gasteiger partial charge in [0.05, 0.1) is 0 Å². The first-order valence-electron chi connectivity index (χ1n) is 19.7. The monoisotopic (exact) mass is 670 g/mol. The molecule has 0 N–H and O–H groups in total. The number of benzene rings is 3. The smallest absolute Gasteiger partial charge is 0.178 e. The molecule has 4 nitrogen and oxygen atoms in total. The van der Waals surface area contributed by atoms with Gasteiger partial charge >= 0.3 is 0 Å². The average molecular weight is 671 g/mol. The molecule has 0 aliphatic carbocycles. The number of unbranched alkanes of at least 4 members (excludes halogenated alkanes) is 14. The summed E-state index contributed by atoms with van der Waals surface area (Å²) in [6.07, 6.45) is 23.1. The molecular formula is C46H54O4. The van der Waals surface area contributed by atoms with Gasteiger partial charge in [-0.25, -0.2) is 0 Å². The van der Waals surface area contributed by atoms with Crippen molar-refractivity contribution >= 4 is 43.9 Å². The highest BCUT2D eigenvalue weighted by molar-refractivity contribution is 6.19. The van der Waals surface area contributed by atoms with E-state index in [1.165, 1.54) is 103 Å². The minimum absolute atomic E-state index is 0.785. The van der Waals surface area contributed by atoms with E-state index in [4.69, 9.17) is 17.7 Å². The molecule has 0 spiro atoms. The van der Waals surface area contributed by atoms with Crippen molar-refractivity contribution in [2.24, 2.45) is 0 Å². The topological polar surface area (TPSA) is 52.6 Å². The largest absolute Gasteiger partial charge is 0.461 e. The van der Waals surface area contributed by atoms with Gasteiger partial charge in [0, 0.05) is 45.5 Å². The molecule has 0 aliphatic rings. The standard InChI is InChI=1S/C46H54O4/c1-3-5-7-9-11-13-15-17-19-35-23-29-41(47-35)33-21-25-37-39-27-28-40-38-26-22-34(32-44(38)50-46(40)45(39)49-43(37)31-33)42-30-24-36(48-42)20-18-16-14-12-10-8-6-4-2/h21-32H,3-20H2,1-2H3. The van der Waals surface area contributed by atoms with E-state index < -0.39 is 0 Å². The van der Waals surface area contributed by atoms with Crippen molar-refractivity contribution in [3.8, 4) is 22.6 Å². The van der Waals surface area contributed by atoms with Gasteiger partial charge in [-0.3, -0.25) is 0 Å². The minimum atomic E-state index is 0.785. The maximum Gasteiger partial charge on any atom is 0.178 e. The van der Waals surface area contributed by atoms with Crippen molar-refractivity contribution in [3.63, 3.8) is 0 Å². The van der Waals surface area contributed by atoms with Crippen molar-refractivity contribution in [3.05, 3.63) is 84.3 Å². The molecule has 262 valence electrons. The summed E-state index contributed by atoms with van der Waals surface area (Å²) in [7, 11) is 0. The molecule has 0 amide bonds. The molecule has 0 saturated heterocycles. The maximum atomic E-state index is 6.53. The van der Waals surface area contributed by atoms with Crippen LogP contribution in [0.3, 0.4) is 0 Å². The highest BCUT2D eigenvalue weighted by Gasteiger charge is 2.18. The third-order valence-corrected chi connectivity index (χ3v) is 10.5. The first-order chi connectivity index (χ1) is 24.7. The summed E-state index contributed by atoms with van der Waals surface area (Å²) in [6.45, 7) is 4.55. The van der Waals surface area contributed by atoms with E-state index in [0.717, 1.165) is 90.9 Å². The van der Waals surface area contributed by atoms with Crippen LogP contribution in [-0.4, -0.2) is 0 Å². The number of rotatable bonds is 20. The van der Waals surface area contributed by atoms with Crippen LogP contribution in [0.5, 0.6) is 0 Å². The average Bonchev–Trinajstić information content (AvgIpc) is 3.95. The summed E-state index contributed by atoms with van der Waals surface area (Å²) >= 11 is 0. The summed E-state index contributed by atoms with van der Waals surface area (Å²) in [4.78, 5) is 0. The Morgan fingerprint density at radius 1 is 0.360 bits per heavy atom. The molecule has 4 aromatic heterocycles. The SMILES string of the molecule is CCCCCCCCCCc1ccc(-c2ccc3c(c2)oc2c3ccc3c4ccc(-c5ccc(CCCCCCCCCC)o5)cc4oc32)o1. The number of fused-ring (bicyclic) bond motifs is 7. The van der Waals surface area contributed by atoms with Gasteiger partial charge < -0.3 is 17.7 Å². The lowest BCUT2D eigenvalue weighted by Crippen LogP contribution is -1.84. The number of furan rings is 4. The van der Waals surface area contributed by atoms with Crippen molar-refractivity contribution in [1.82, 2.24) is 0 Å². The van der Waals surface area contributed by atoms with Gasteiger partial charge in [0.15, 0.2) is 11.2 Å². The van der Waals surface area contributed by atoms with Gasteiger partial charge in [-0.15, -0.1) is 0 Å². The van der Waals surface area contributed by atoms with Crippen LogP contribution in [-0.2, 0) is 12.8 Å². The van der Waals surface area contributed by atoms with Crippen LogP contribution in [0.15, 0.2) is 90.5 Å². The summed E-state index contributed by atoms with van der Waals surface area (Å²) in [6, 6.07) is 25.5. The Balaban J connectivity index is 1.02. The van der Waals surface area contributed by atoms with Gasteiger partial charge in [0.1, 0.15) is 34.2 Å². The van der Waals surface area contributed by atoms with Gasteiger partial charge in [-0.1, -0.05) is 116 Å². The number of hydrogen-bond donors (Lipinski definition) is 0. The van der Waals surface area contributed by atoms with E-state index >= 15 is 0 Å². The van der Waals surface area contributed by atoms with E-state index in [2.05, 4.69) is 86.6 Å². The van der Waals surface area contributed by atoms with E-state index in [1.54, 1.807) is 0 Å². The second-order valence-electron chi connectivity index (χ2n) is 14.4. The molecule has 0 unspecified atom stereocenters. The molecule has 4 heteroatoms. The van der Waals surface area contributed by atoms with Crippen LogP contribution in [0.4, 0.5) is 0 Å². The zero-order valence-corrected chi connectivity index (χ0v) is 30.3. The van der Waals surface area contributed by atoms with Gasteiger partial charge in [-0.05, 0) is 73.5 Å². The molecule has 0 bridgehead atoms. The zero-order valence-electron chi connectivity index (χ0n) is 30.3. The van der Waals surface area contributed by atoms with Gasteiger partial charge in [-0.2, -0.15) is 0 Å². The summed E-state index contributed by atoms with van der Waals surface area (Å²) in [5, 5.41) is 4.28. The summed E-state index contributed by atoms with van der Waals surface area (Å²) < 4.78 is 25.6. The van der Waals surface area contributed by atoms with Crippen LogP contribution in [0.1, 0.15) is 128 Å². The second kappa shape index (κ2) is 16.7. The zero-order chi connectivity index (χ0) is 34.1. The Morgan fingerprint density at radius 2 is 0.740 bits per heavy atom. The van der Waals surface area contributed by atoms with Crippen molar-refractivity contribution < 1.29 is 17.7 Å². The Morgan fingerprint density at radius 3 is 1.16 bits per heavy atom. The van der Waals surface area contributed by atoms with Crippen LogP contribution >= 0.6 is 0 Å². The van der Waals surface area contributed by atoms with Crippen molar-refractivity contribution in [2.75, 3.05) is 0 Å². The second-order valence-corrected chi connectivity index (χ2v) is 14.4. The van der Waals surface area contributed by atoms with E-state index in [-0.39, 0.29) is 0 Å². The molecule has 7 aromatic rings. The molecule has 0 radical (unpaired) electrons. The lowest BCUT2D eigenvalue weighted by atomic mass is 10.1. The fourth-order valence-electron chi connectivity index (χ4n) is 7.58. The van der Waals surface area contributed by atoms with E-state index in [0.29, 0.717) is 0 Å². The highest BCUT2D eigenvalue weighted by Crippen LogP contribution is 2.41. The maximum absolute atomic E-state index is 6.53. The van der Waals surface area contributed by atoms with E-state index in [1.807, 2.05) is 0 Å². The van der Waals surface area contributed by atoms with Gasteiger partial charge in [0.25, 0.3) is 0 Å².